The van der Waals surface area contributed by atoms with Gasteiger partial charge in [0.15, 0.2) is 11.5 Å². The Morgan fingerprint density at radius 3 is 2.38 bits per heavy atom. The number of carbonyl (C=O) groups is 1. The van der Waals surface area contributed by atoms with Crippen molar-refractivity contribution in [2.24, 2.45) is 0 Å². The van der Waals surface area contributed by atoms with Crippen LogP contribution in [-0.4, -0.2) is 24.9 Å². The molecule has 0 saturated heterocycles. The summed E-state index contributed by atoms with van der Waals surface area (Å²) in [6.45, 7) is 4.63. The topological polar surface area (TPSA) is 71.3 Å². The molecule has 5 nitrogen and oxygen atoms in total. The number of carbonyl (C=O) groups excluding carboxylic acids is 1. The van der Waals surface area contributed by atoms with Crippen LogP contribution in [0.4, 0.5) is 14.5 Å². The van der Waals surface area contributed by atoms with E-state index >= 15 is 0 Å². The molecule has 1 amide bonds. The molecule has 8 heteroatoms. The van der Waals surface area contributed by atoms with Gasteiger partial charge in [-0.25, -0.2) is 0 Å². The minimum atomic E-state index is -2.51. The first-order chi connectivity index (χ1) is 14.0. The lowest BCUT2D eigenvalue weighted by Gasteiger charge is -2.11. The van der Waals surface area contributed by atoms with Crippen LogP contribution in [-0.2, 0) is 4.79 Å². The standard InChI is InChI=1S/C21H20F2N2O3S/c1-3-27-18-10-5-14(12-19(18)28-4-2)11-15(13-24)20(26)25-16-6-8-17(9-7-16)29-21(22)23/h5-12,21H,3-4H2,1-2H3,(H,25,26)/b15-11-. The zero-order chi connectivity index (χ0) is 21.2. The number of hydrogen-bond donors (Lipinski definition) is 1. The molecule has 0 fully saturated rings. The van der Waals surface area contributed by atoms with E-state index in [1.165, 1.54) is 30.3 Å². The number of alkyl halides is 2. The summed E-state index contributed by atoms with van der Waals surface area (Å²) in [5, 5.41) is 12.0. The summed E-state index contributed by atoms with van der Waals surface area (Å²) in [4.78, 5) is 12.8. The van der Waals surface area contributed by atoms with Crippen LogP contribution in [0.15, 0.2) is 52.9 Å². The van der Waals surface area contributed by atoms with Gasteiger partial charge in [0.2, 0.25) is 0 Å². The number of rotatable bonds is 9. The molecule has 0 aliphatic carbocycles. The zero-order valence-corrected chi connectivity index (χ0v) is 16.8. The molecule has 2 aromatic rings. The summed E-state index contributed by atoms with van der Waals surface area (Å²) < 4.78 is 35.8. The van der Waals surface area contributed by atoms with Crippen molar-refractivity contribution in [3.05, 3.63) is 53.6 Å². The number of benzene rings is 2. The number of anilines is 1. The first-order valence-electron chi connectivity index (χ1n) is 8.84. The van der Waals surface area contributed by atoms with Gasteiger partial charge in [-0.3, -0.25) is 4.79 Å². The molecule has 1 N–H and O–H groups in total. The maximum atomic E-state index is 12.4. The summed E-state index contributed by atoms with van der Waals surface area (Å²) in [6.07, 6.45) is 1.44. The molecule has 29 heavy (non-hydrogen) atoms. The Morgan fingerprint density at radius 2 is 1.79 bits per heavy atom. The van der Waals surface area contributed by atoms with E-state index in [1.54, 1.807) is 18.2 Å². The first kappa shape index (κ1) is 22.2. The summed E-state index contributed by atoms with van der Waals surface area (Å²) in [5.74, 6) is -2.02. The third kappa shape index (κ3) is 6.80. The van der Waals surface area contributed by atoms with Gasteiger partial charge in [0.1, 0.15) is 11.6 Å². The van der Waals surface area contributed by atoms with E-state index in [2.05, 4.69) is 5.32 Å². The van der Waals surface area contributed by atoms with Gasteiger partial charge in [-0.1, -0.05) is 17.8 Å². The third-order valence-corrected chi connectivity index (χ3v) is 4.30. The number of ether oxygens (including phenoxy) is 2. The van der Waals surface area contributed by atoms with Crippen LogP contribution in [0.2, 0.25) is 0 Å². The molecular formula is C21H20F2N2O3S. The van der Waals surface area contributed by atoms with Gasteiger partial charge in [0.05, 0.1) is 13.2 Å². The molecule has 2 rings (SSSR count). The highest BCUT2D eigenvalue weighted by Gasteiger charge is 2.12. The Labute approximate surface area is 172 Å². The van der Waals surface area contributed by atoms with E-state index in [4.69, 9.17) is 9.47 Å². The molecular weight excluding hydrogens is 398 g/mol. The van der Waals surface area contributed by atoms with Crippen LogP contribution in [0.5, 0.6) is 11.5 Å². The fraction of sp³-hybridized carbons (Fsp3) is 0.238. The molecule has 0 saturated carbocycles. The molecule has 2 aromatic carbocycles. The minimum Gasteiger partial charge on any atom is -0.490 e. The molecule has 0 bridgehead atoms. The van der Waals surface area contributed by atoms with E-state index < -0.39 is 11.7 Å². The van der Waals surface area contributed by atoms with Gasteiger partial charge >= 0.3 is 0 Å². The van der Waals surface area contributed by atoms with Crippen LogP contribution in [0.3, 0.4) is 0 Å². The molecule has 0 radical (unpaired) electrons. The minimum absolute atomic E-state index is 0.109. The summed E-state index contributed by atoms with van der Waals surface area (Å²) in [5.41, 5.74) is 0.895. The second kappa shape index (κ2) is 11.1. The monoisotopic (exact) mass is 418 g/mol. The van der Waals surface area contributed by atoms with Crippen LogP contribution >= 0.6 is 11.8 Å². The van der Waals surface area contributed by atoms with Gasteiger partial charge in [-0.2, -0.15) is 14.0 Å². The lowest BCUT2D eigenvalue weighted by Crippen LogP contribution is -2.13. The Hall–Kier alpha value is -3.05. The average molecular weight is 418 g/mol. The highest BCUT2D eigenvalue weighted by Crippen LogP contribution is 2.30. The number of halogens is 2. The predicted octanol–water partition coefficient (Wildman–Crippen LogP) is 5.34. The fourth-order valence-corrected chi connectivity index (χ4v) is 2.89. The van der Waals surface area contributed by atoms with Crippen LogP contribution in [0.1, 0.15) is 19.4 Å². The zero-order valence-electron chi connectivity index (χ0n) is 15.9. The van der Waals surface area contributed by atoms with Gasteiger partial charge in [0, 0.05) is 10.6 Å². The second-order valence-corrected chi connectivity index (χ2v) is 6.66. The number of thioether (sulfide) groups is 1. The lowest BCUT2D eigenvalue weighted by atomic mass is 10.1. The maximum Gasteiger partial charge on any atom is 0.288 e. The summed E-state index contributed by atoms with van der Waals surface area (Å²) in [6, 6.07) is 12.9. The largest absolute Gasteiger partial charge is 0.490 e. The molecule has 0 aliphatic rings. The van der Waals surface area contributed by atoms with Gasteiger partial charge in [-0.05, 0) is 61.9 Å². The predicted molar refractivity (Wildman–Crippen MR) is 109 cm³/mol. The number of hydrogen-bond acceptors (Lipinski definition) is 5. The van der Waals surface area contributed by atoms with Gasteiger partial charge in [-0.15, -0.1) is 0 Å². The van der Waals surface area contributed by atoms with Crippen molar-refractivity contribution in [3.63, 3.8) is 0 Å². The molecule has 152 valence electrons. The average Bonchev–Trinajstić information content (AvgIpc) is 2.69. The fourth-order valence-electron chi connectivity index (χ4n) is 2.39. The van der Waals surface area contributed by atoms with Crippen molar-refractivity contribution in [2.75, 3.05) is 18.5 Å². The number of nitriles is 1. The van der Waals surface area contributed by atoms with Crippen molar-refractivity contribution in [2.45, 2.75) is 24.5 Å². The number of amides is 1. The Bertz CT molecular complexity index is 909. The van der Waals surface area contributed by atoms with Gasteiger partial charge in [0.25, 0.3) is 11.7 Å². The second-order valence-electron chi connectivity index (χ2n) is 5.60. The smallest absolute Gasteiger partial charge is 0.288 e. The summed E-state index contributed by atoms with van der Waals surface area (Å²) in [7, 11) is 0. The molecule has 0 aromatic heterocycles. The van der Waals surface area contributed by atoms with Crippen LogP contribution in [0, 0.1) is 11.3 Å². The van der Waals surface area contributed by atoms with E-state index in [9.17, 15) is 18.8 Å². The van der Waals surface area contributed by atoms with Crippen LogP contribution in [0.25, 0.3) is 6.08 Å². The summed E-state index contributed by atoms with van der Waals surface area (Å²) >= 11 is 0.417. The highest BCUT2D eigenvalue weighted by atomic mass is 32.2. The number of nitrogens with zero attached hydrogens (tertiary/aromatic N) is 1. The molecule has 0 heterocycles. The first-order valence-corrected chi connectivity index (χ1v) is 9.72. The molecule has 0 spiro atoms. The Kier molecular flexibility index (Phi) is 8.49. The molecule has 0 unspecified atom stereocenters. The molecule has 0 aliphatic heterocycles. The SMILES string of the molecule is CCOc1ccc(/C=C(/C#N)C(=O)Nc2ccc(SC(F)F)cc2)cc1OCC. The maximum absolute atomic E-state index is 12.4. The van der Waals surface area contributed by atoms with E-state index in [0.29, 0.717) is 52.6 Å². The number of nitrogens with one attached hydrogen (secondary N) is 1. The Balaban J connectivity index is 2.17. The van der Waals surface area contributed by atoms with Crippen LogP contribution < -0.4 is 14.8 Å². The van der Waals surface area contributed by atoms with Gasteiger partial charge < -0.3 is 14.8 Å². The van der Waals surface area contributed by atoms with E-state index in [-0.39, 0.29) is 5.57 Å². The highest BCUT2D eigenvalue weighted by molar-refractivity contribution is 7.99. The Morgan fingerprint density at radius 1 is 1.14 bits per heavy atom. The quantitative estimate of drug-likeness (QED) is 0.338. The van der Waals surface area contributed by atoms with E-state index in [1.807, 2.05) is 19.9 Å². The molecule has 0 atom stereocenters. The van der Waals surface area contributed by atoms with Crippen molar-refractivity contribution in [1.29, 1.82) is 5.26 Å². The lowest BCUT2D eigenvalue weighted by molar-refractivity contribution is -0.112. The van der Waals surface area contributed by atoms with Crippen molar-refractivity contribution in [3.8, 4) is 17.6 Å². The van der Waals surface area contributed by atoms with Crippen molar-refractivity contribution in [1.82, 2.24) is 0 Å². The van der Waals surface area contributed by atoms with Crippen molar-refractivity contribution >= 4 is 29.4 Å². The third-order valence-electron chi connectivity index (χ3n) is 3.58. The normalized spacial score (nSPS) is 11.1. The van der Waals surface area contributed by atoms with Crippen molar-refractivity contribution < 1.29 is 23.0 Å². The van der Waals surface area contributed by atoms with E-state index in [0.717, 1.165) is 0 Å².